The fourth-order valence-corrected chi connectivity index (χ4v) is 3.74. The first-order chi connectivity index (χ1) is 16.5. The molecule has 1 unspecified atom stereocenters. The van der Waals surface area contributed by atoms with Crippen LogP contribution < -0.4 is 15.0 Å². The first kappa shape index (κ1) is 21.3. The largest absolute Gasteiger partial charge is 0.439 e. The van der Waals surface area contributed by atoms with E-state index >= 15 is 0 Å². The number of carbonyl (C=O) groups is 2. The summed E-state index contributed by atoms with van der Waals surface area (Å²) in [5.74, 6) is 0.877. The van der Waals surface area contributed by atoms with Crippen molar-refractivity contribution in [1.29, 1.82) is 0 Å². The Balaban J connectivity index is 1.20. The Morgan fingerprint density at radius 2 is 1.88 bits per heavy atom. The molecular weight excluding hydrogens is 432 g/mol. The number of nitrogens with one attached hydrogen (secondary N) is 1. The van der Waals surface area contributed by atoms with Crippen LogP contribution in [0.2, 0.25) is 0 Å². The van der Waals surface area contributed by atoms with Gasteiger partial charge in [0, 0.05) is 42.8 Å². The van der Waals surface area contributed by atoms with E-state index in [0.717, 1.165) is 11.3 Å². The summed E-state index contributed by atoms with van der Waals surface area (Å²) in [5, 5.41) is 7.04. The third-order valence-corrected chi connectivity index (χ3v) is 5.55. The molecule has 0 bridgehead atoms. The standard InChI is InChI=1S/C25H22N6O3/c1-17-3-7-20(8-4-17)30-15-18(13-24(30)32)25(33)29-19-5-9-21(10-6-19)34-23-14-22(26-16-27-23)31-12-2-11-28-31/h2-12,14,16,18H,13,15H2,1H3,(H,29,33). The molecule has 9 nitrogen and oxygen atoms in total. The summed E-state index contributed by atoms with van der Waals surface area (Å²) in [4.78, 5) is 35.2. The average molecular weight is 454 g/mol. The number of nitrogens with zero attached hydrogens (tertiary/aromatic N) is 5. The van der Waals surface area contributed by atoms with Crippen LogP contribution in [0.15, 0.2) is 79.4 Å². The maximum atomic E-state index is 12.8. The Hall–Kier alpha value is -4.53. The highest BCUT2D eigenvalue weighted by molar-refractivity contribution is 6.03. The van der Waals surface area contributed by atoms with Crippen LogP contribution in [0.4, 0.5) is 11.4 Å². The van der Waals surface area contributed by atoms with Crippen molar-refractivity contribution in [2.24, 2.45) is 5.92 Å². The van der Waals surface area contributed by atoms with Gasteiger partial charge in [-0.2, -0.15) is 5.10 Å². The molecule has 34 heavy (non-hydrogen) atoms. The molecule has 3 heterocycles. The Labute approximate surface area is 196 Å². The van der Waals surface area contributed by atoms with Crippen molar-refractivity contribution in [3.8, 4) is 17.4 Å². The van der Waals surface area contributed by atoms with Gasteiger partial charge in [0.25, 0.3) is 0 Å². The fraction of sp³-hybridized carbons (Fsp3) is 0.160. The molecule has 0 aliphatic carbocycles. The highest BCUT2D eigenvalue weighted by atomic mass is 16.5. The lowest BCUT2D eigenvalue weighted by Gasteiger charge is -2.17. The third kappa shape index (κ3) is 4.63. The molecule has 2 aromatic heterocycles. The number of carbonyl (C=O) groups excluding carboxylic acids is 2. The van der Waals surface area contributed by atoms with Crippen LogP contribution in [0.1, 0.15) is 12.0 Å². The van der Waals surface area contributed by atoms with Crippen LogP contribution in [0.25, 0.3) is 5.82 Å². The molecule has 0 radical (unpaired) electrons. The van der Waals surface area contributed by atoms with Crippen molar-refractivity contribution < 1.29 is 14.3 Å². The van der Waals surface area contributed by atoms with Gasteiger partial charge in [-0.3, -0.25) is 9.59 Å². The molecule has 1 aliphatic rings. The minimum atomic E-state index is -0.411. The number of ether oxygens (including phenoxy) is 1. The molecule has 4 aromatic rings. The fourth-order valence-electron chi connectivity index (χ4n) is 3.74. The summed E-state index contributed by atoms with van der Waals surface area (Å²) in [6.07, 6.45) is 5.04. The van der Waals surface area contributed by atoms with Gasteiger partial charge in [-0.1, -0.05) is 17.7 Å². The Morgan fingerprint density at radius 3 is 2.62 bits per heavy atom. The number of anilines is 2. The van der Waals surface area contributed by atoms with Gasteiger partial charge >= 0.3 is 0 Å². The lowest BCUT2D eigenvalue weighted by Crippen LogP contribution is -2.28. The molecule has 1 N–H and O–H groups in total. The Kier molecular flexibility index (Phi) is 5.73. The molecule has 5 rings (SSSR count). The predicted molar refractivity (Wildman–Crippen MR) is 126 cm³/mol. The third-order valence-electron chi connectivity index (χ3n) is 5.55. The van der Waals surface area contributed by atoms with Crippen molar-refractivity contribution in [2.75, 3.05) is 16.8 Å². The molecule has 0 saturated carbocycles. The first-order valence-corrected chi connectivity index (χ1v) is 10.8. The van der Waals surface area contributed by atoms with E-state index in [4.69, 9.17) is 4.74 Å². The molecule has 1 aliphatic heterocycles. The van der Waals surface area contributed by atoms with Crippen LogP contribution in [0, 0.1) is 12.8 Å². The highest BCUT2D eigenvalue weighted by Gasteiger charge is 2.35. The molecule has 1 fully saturated rings. The van der Waals surface area contributed by atoms with Crippen molar-refractivity contribution >= 4 is 23.2 Å². The van der Waals surface area contributed by atoms with Gasteiger partial charge in [-0.15, -0.1) is 0 Å². The summed E-state index contributed by atoms with van der Waals surface area (Å²) in [7, 11) is 0. The number of rotatable bonds is 6. The SMILES string of the molecule is Cc1ccc(N2CC(C(=O)Nc3ccc(Oc4cc(-n5cccn5)ncn4)cc3)CC2=O)cc1. The zero-order chi connectivity index (χ0) is 23.5. The summed E-state index contributed by atoms with van der Waals surface area (Å²) in [6.45, 7) is 2.36. The van der Waals surface area contributed by atoms with Crippen molar-refractivity contribution in [2.45, 2.75) is 13.3 Å². The van der Waals surface area contributed by atoms with Crippen LogP contribution in [-0.2, 0) is 9.59 Å². The molecular formula is C25H22N6O3. The smallest absolute Gasteiger partial charge is 0.229 e. The highest BCUT2D eigenvalue weighted by Crippen LogP contribution is 2.27. The van der Waals surface area contributed by atoms with Crippen molar-refractivity contribution in [3.63, 3.8) is 0 Å². The van der Waals surface area contributed by atoms with Crippen LogP contribution >= 0.6 is 0 Å². The van der Waals surface area contributed by atoms with E-state index in [9.17, 15) is 9.59 Å². The molecule has 1 saturated heterocycles. The summed E-state index contributed by atoms with van der Waals surface area (Å²) >= 11 is 0. The van der Waals surface area contributed by atoms with E-state index < -0.39 is 5.92 Å². The number of aromatic nitrogens is 4. The average Bonchev–Trinajstić information content (AvgIpc) is 3.52. The minimum absolute atomic E-state index is 0.0490. The second-order valence-electron chi connectivity index (χ2n) is 8.02. The van der Waals surface area contributed by atoms with Gasteiger partial charge in [0.05, 0.1) is 5.92 Å². The van der Waals surface area contributed by atoms with Gasteiger partial charge in [-0.05, 0) is 49.4 Å². The van der Waals surface area contributed by atoms with E-state index in [1.54, 1.807) is 58.4 Å². The van der Waals surface area contributed by atoms with Gasteiger partial charge in [0.2, 0.25) is 17.7 Å². The van der Waals surface area contributed by atoms with E-state index in [1.807, 2.05) is 31.2 Å². The van der Waals surface area contributed by atoms with Crippen molar-refractivity contribution in [1.82, 2.24) is 19.7 Å². The van der Waals surface area contributed by atoms with Gasteiger partial charge in [0.15, 0.2) is 5.82 Å². The van der Waals surface area contributed by atoms with Gasteiger partial charge < -0.3 is 15.0 Å². The molecule has 2 amide bonds. The zero-order valence-electron chi connectivity index (χ0n) is 18.5. The molecule has 170 valence electrons. The first-order valence-electron chi connectivity index (χ1n) is 10.8. The Bertz CT molecular complexity index is 1300. The predicted octanol–water partition coefficient (Wildman–Crippen LogP) is 3.75. The monoisotopic (exact) mass is 454 g/mol. The molecule has 0 spiro atoms. The van der Waals surface area contributed by atoms with Gasteiger partial charge in [0.1, 0.15) is 12.1 Å². The number of benzene rings is 2. The normalized spacial score (nSPS) is 15.4. The maximum absolute atomic E-state index is 12.8. The number of hydrogen-bond acceptors (Lipinski definition) is 6. The summed E-state index contributed by atoms with van der Waals surface area (Å²) in [5.41, 5.74) is 2.56. The van der Waals surface area contributed by atoms with E-state index in [1.165, 1.54) is 6.33 Å². The molecule has 9 heteroatoms. The number of amides is 2. The molecule has 2 aromatic carbocycles. The van der Waals surface area contributed by atoms with E-state index in [2.05, 4.69) is 20.4 Å². The quantitative estimate of drug-likeness (QED) is 0.476. The van der Waals surface area contributed by atoms with Crippen LogP contribution in [-0.4, -0.2) is 38.1 Å². The van der Waals surface area contributed by atoms with Crippen molar-refractivity contribution in [3.05, 3.63) is 84.9 Å². The number of aryl methyl sites for hydroxylation is 1. The lowest BCUT2D eigenvalue weighted by molar-refractivity contribution is -0.122. The topological polar surface area (TPSA) is 102 Å². The molecule has 1 atom stereocenters. The van der Waals surface area contributed by atoms with E-state index in [-0.39, 0.29) is 18.2 Å². The Morgan fingerprint density at radius 1 is 1.09 bits per heavy atom. The summed E-state index contributed by atoms with van der Waals surface area (Å²) in [6, 6.07) is 18.2. The van der Waals surface area contributed by atoms with Crippen LogP contribution in [0.3, 0.4) is 0 Å². The second-order valence-corrected chi connectivity index (χ2v) is 8.02. The second kappa shape index (κ2) is 9.14. The zero-order valence-corrected chi connectivity index (χ0v) is 18.5. The lowest BCUT2D eigenvalue weighted by atomic mass is 10.1. The summed E-state index contributed by atoms with van der Waals surface area (Å²) < 4.78 is 7.42. The minimum Gasteiger partial charge on any atom is -0.439 e. The van der Waals surface area contributed by atoms with E-state index in [0.29, 0.717) is 29.7 Å². The number of hydrogen-bond donors (Lipinski definition) is 1. The van der Waals surface area contributed by atoms with Gasteiger partial charge in [-0.25, -0.2) is 14.6 Å². The maximum Gasteiger partial charge on any atom is 0.229 e. The van der Waals surface area contributed by atoms with Crippen LogP contribution in [0.5, 0.6) is 11.6 Å².